The van der Waals surface area contributed by atoms with Crippen LogP contribution in [0.1, 0.15) is 37.0 Å². The molecular weight excluding hydrogens is 309 g/mol. The molecule has 4 rings (SSSR count). The molecule has 4 nitrogen and oxygen atoms in total. The minimum atomic E-state index is -3.73. The van der Waals surface area contributed by atoms with Crippen molar-refractivity contribution in [3.8, 4) is 17.2 Å². The highest BCUT2D eigenvalue weighted by atomic mass is 19.1. The van der Waals surface area contributed by atoms with Crippen molar-refractivity contribution < 1.29 is 37.8 Å². The van der Waals surface area contributed by atoms with Crippen LogP contribution < -0.4 is 19.5 Å². The molecule has 126 valence electrons. The van der Waals surface area contributed by atoms with E-state index in [1.807, 2.05) is 5.32 Å². The average molecular weight is 343 g/mol. The zero-order valence-electron chi connectivity index (χ0n) is 26.0. The Hall–Kier alpha value is -2.27. The second-order valence-corrected chi connectivity index (χ2v) is 4.69. The Morgan fingerprint density at radius 2 is 2.17 bits per heavy atom. The Kier molecular flexibility index (Phi) is 1.74. The van der Waals surface area contributed by atoms with Crippen molar-refractivity contribution in [3.63, 3.8) is 0 Å². The van der Waals surface area contributed by atoms with Gasteiger partial charge in [0, 0.05) is 26.7 Å². The Labute approximate surface area is 160 Å². The first-order chi connectivity index (χ1) is 17.1. The summed E-state index contributed by atoms with van der Waals surface area (Å²) in [5.74, 6) is -9.72. The topological polar surface area (TPSA) is 39.7 Å². The molecule has 1 unspecified atom stereocenters. The van der Waals surface area contributed by atoms with E-state index in [1.54, 1.807) is 0 Å². The second-order valence-electron chi connectivity index (χ2n) is 4.69. The van der Waals surface area contributed by atoms with Crippen molar-refractivity contribution in [3.05, 3.63) is 53.7 Å². The van der Waals surface area contributed by atoms with Gasteiger partial charge in [-0.05, 0) is 48.6 Å². The van der Waals surface area contributed by atoms with Crippen molar-refractivity contribution in [1.29, 1.82) is 0 Å². The predicted octanol–water partition coefficient (Wildman–Crippen LogP) is 3.33. The van der Waals surface area contributed by atoms with Crippen LogP contribution >= 0.6 is 0 Å². The molecule has 2 aromatic carbocycles. The predicted molar refractivity (Wildman–Crippen MR) is 88.2 cm³/mol. The number of piperidine rings is 1. The Bertz CT molecular complexity index is 1300. The van der Waals surface area contributed by atoms with Gasteiger partial charge in [-0.2, -0.15) is 0 Å². The van der Waals surface area contributed by atoms with Gasteiger partial charge in [0.1, 0.15) is 14.3 Å². The summed E-state index contributed by atoms with van der Waals surface area (Å²) in [5.41, 5.74) is -1.23. The molecule has 2 aliphatic rings. The van der Waals surface area contributed by atoms with Crippen molar-refractivity contribution >= 4 is 0 Å². The third-order valence-electron chi connectivity index (χ3n) is 3.15. The maximum atomic E-state index is 14.3. The van der Waals surface area contributed by atoms with Gasteiger partial charge >= 0.3 is 0 Å². The fourth-order valence-corrected chi connectivity index (χ4v) is 2.06. The summed E-state index contributed by atoms with van der Waals surface area (Å²) in [6.45, 7) is -10.6. The third kappa shape index (κ3) is 3.17. The molecule has 2 aliphatic heterocycles. The molecule has 0 aromatic heterocycles. The zero-order valence-corrected chi connectivity index (χ0v) is 12.0. The van der Waals surface area contributed by atoms with Crippen LogP contribution in [0.4, 0.5) is 4.39 Å². The maximum absolute atomic E-state index is 14.3. The van der Waals surface area contributed by atoms with Crippen LogP contribution in [-0.4, -0.2) is 26.3 Å². The lowest BCUT2D eigenvalue weighted by atomic mass is 9.81. The fraction of sp³-hybridized carbons (Fsp3) is 0.368. The summed E-state index contributed by atoms with van der Waals surface area (Å²) >= 11 is 0. The molecule has 1 fully saturated rings. The highest BCUT2D eigenvalue weighted by molar-refractivity contribution is 5.46. The van der Waals surface area contributed by atoms with Crippen LogP contribution in [0.15, 0.2) is 42.4 Å². The van der Waals surface area contributed by atoms with Crippen LogP contribution in [0, 0.1) is 11.7 Å². The molecule has 24 heavy (non-hydrogen) atoms. The molecule has 1 N–H and O–H groups in total. The molecule has 2 heterocycles. The van der Waals surface area contributed by atoms with Gasteiger partial charge in [0.05, 0.1) is 14.8 Å². The fourth-order valence-electron chi connectivity index (χ4n) is 2.06. The summed E-state index contributed by atoms with van der Waals surface area (Å²) in [4.78, 5) is 0. The Morgan fingerprint density at radius 1 is 1.33 bits per heavy atom. The molecule has 0 saturated carbocycles. The number of ether oxygens (including phenoxy) is 3. The zero-order chi connectivity index (χ0) is 28.9. The Morgan fingerprint density at radius 3 is 3.04 bits per heavy atom. The van der Waals surface area contributed by atoms with Crippen LogP contribution in [0.5, 0.6) is 17.2 Å². The minimum Gasteiger partial charge on any atom is -0.493 e. The molecular formula is C19H20FNO3. The quantitative estimate of drug-likeness (QED) is 0.924. The van der Waals surface area contributed by atoms with Crippen molar-refractivity contribution in [1.82, 2.24) is 5.32 Å². The molecule has 2 atom stereocenters. The molecule has 0 aliphatic carbocycles. The number of benzene rings is 2. The van der Waals surface area contributed by atoms with Gasteiger partial charge in [-0.25, -0.2) is 4.39 Å². The number of nitrogens with one attached hydrogen (secondary N) is 1. The van der Waals surface area contributed by atoms with Gasteiger partial charge in [-0.1, -0.05) is 12.1 Å². The first-order valence-electron chi connectivity index (χ1n) is 13.9. The molecule has 0 radical (unpaired) electrons. The van der Waals surface area contributed by atoms with Gasteiger partial charge in [-0.15, -0.1) is 0 Å². The highest BCUT2D eigenvalue weighted by Crippen LogP contribution is 2.36. The number of halogens is 1. The van der Waals surface area contributed by atoms with E-state index in [1.165, 1.54) is 0 Å². The maximum Gasteiger partial charge on any atom is 0.231 e. The van der Waals surface area contributed by atoms with Crippen molar-refractivity contribution in [2.24, 2.45) is 5.89 Å². The van der Waals surface area contributed by atoms with Crippen LogP contribution in [0.25, 0.3) is 0 Å². The van der Waals surface area contributed by atoms with Gasteiger partial charge in [0.15, 0.2) is 11.5 Å². The summed E-state index contributed by atoms with van der Waals surface area (Å²) in [6, 6.07) is -2.03. The molecule has 0 bridgehead atoms. The molecule has 2 aromatic rings. The molecule has 1 saturated heterocycles. The lowest BCUT2D eigenvalue weighted by Gasteiger charge is -2.32. The van der Waals surface area contributed by atoms with E-state index in [0.717, 1.165) is 18.2 Å². The third-order valence-corrected chi connectivity index (χ3v) is 3.15. The van der Waals surface area contributed by atoms with E-state index >= 15 is 0 Å². The molecule has 0 amide bonds. The van der Waals surface area contributed by atoms with Crippen LogP contribution in [0.3, 0.4) is 0 Å². The van der Waals surface area contributed by atoms with Crippen LogP contribution in [-0.2, 0) is 0 Å². The largest absolute Gasteiger partial charge is 0.493 e. The number of hydrogen-bond donors (Lipinski definition) is 1. The van der Waals surface area contributed by atoms with E-state index < -0.39 is 85.8 Å². The Balaban J connectivity index is 1.95. The summed E-state index contributed by atoms with van der Waals surface area (Å²) in [5, 5.41) is 2.03. The smallest absolute Gasteiger partial charge is 0.231 e. The normalized spacial score (nSPS) is 43.9. The highest BCUT2D eigenvalue weighted by Gasteiger charge is 2.27. The summed E-state index contributed by atoms with van der Waals surface area (Å²) in [6.07, 6.45) is -3.13. The lowest BCUT2D eigenvalue weighted by Crippen LogP contribution is -2.38. The monoisotopic (exact) mass is 343 g/mol. The number of rotatable bonds is 4. The first-order valence-corrected chi connectivity index (χ1v) is 6.86. The summed E-state index contributed by atoms with van der Waals surface area (Å²) in [7, 11) is 0. The lowest BCUT2D eigenvalue weighted by molar-refractivity contribution is 0.173. The van der Waals surface area contributed by atoms with Gasteiger partial charge in [0.25, 0.3) is 0 Å². The average Bonchev–Trinajstić information content (AvgIpc) is 3.11. The number of fused-ring (bicyclic) bond motifs is 1. The van der Waals surface area contributed by atoms with E-state index in [2.05, 4.69) is 0 Å². The molecule has 0 spiro atoms. The second kappa shape index (κ2) is 6.69. The van der Waals surface area contributed by atoms with Gasteiger partial charge < -0.3 is 19.5 Å². The van der Waals surface area contributed by atoms with Crippen molar-refractivity contribution in [2.75, 3.05) is 26.3 Å². The van der Waals surface area contributed by atoms with Gasteiger partial charge in [0.2, 0.25) is 6.75 Å². The van der Waals surface area contributed by atoms with E-state index in [9.17, 15) is 4.39 Å². The first kappa shape index (κ1) is 6.23. The molecule has 5 heteroatoms. The van der Waals surface area contributed by atoms with E-state index in [-0.39, 0.29) is 11.5 Å². The SMILES string of the molecule is [2H]c1c([2H])c([C@]2([2H])C([2H])([2H])CNC([2H])([2H])C2([2H])C([2H])([2H])Oc2ccc3c(c2)OC([2H])([2H])O3)c([2H])c([2H])c1F. The summed E-state index contributed by atoms with van der Waals surface area (Å²) < 4.78 is 146. The van der Waals surface area contributed by atoms with Gasteiger partial charge in [-0.3, -0.25) is 0 Å². The van der Waals surface area contributed by atoms with Crippen LogP contribution in [0.2, 0.25) is 0 Å². The van der Waals surface area contributed by atoms with E-state index in [4.69, 9.17) is 33.4 Å². The number of hydrogen-bond acceptors (Lipinski definition) is 4. The van der Waals surface area contributed by atoms with E-state index in [0.29, 0.717) is 0 Å². The minimum absolute atomic E-state index is 0.0840. The standard InChI is InChI=1S/C19H20FNO3/c20-15-3-1-13(2-4-15)17-7-8-21-10-14(17)11-22-16-5-6-18-19(9-16)24-12-23-18/h1-6,9,14,17,21H,7-8,10-12H2/t14?,17-/m0/s1/i1D,2D,3D,4D,7D2,10D2,11D2,12D2,14D,17D. The van der Waals surface area contributed by atoms with Crippen molar-refractivity contribution in [2.45, 2.75) is 12.3 Å².